The quantitative estimate of drug-likeness (QED) is 0.785. The molecule has 0 fully saturated rings. The molecule has 0 aliphatic carbocycles. The zero-order valence-electron chi connectivity index (χ0n) is 11.9. The second kappa shape index (κ2) is 5.17. The first-order valence-corrected chi connectivity index (χ1v) is 6.15. The van der Waals surface area contributed by atoms with E-state index in [-0.39, 0.29) is 11.9 Å². The maximum atomic E-state index is 12.5. The summed E-state index contributed by atoms with van der Waals surface area (Å²) in [5, 5.41) is 0. The highest BCUT2D eigenvalue weighted by molar-refractivity contribution is 5.83. The Bertz CT molecular complexity index is 239. The third kappa shape index (κ3) is 3.21. The van der Waals surface area contributed by atoms with Crippen molar-refractivity contribution < 1.29 is 4.79 Å². The van der Waals surface area contributed by atoms with Crippen LogP contribution in [0.2, 0.25) is 0 Å². The van der Waals surface area contributed by atoms with Crippen molar-refractivity contribution in [3.05, 3.63) is 0 Å². The number of amides is 1. The first-order valence-electron chi connectivity index (χ1n) is 6.15. The molecule has 0 rings (SSSR count). The van der Waals surface area contributed by atoms with Crippen LogP contribution in [0.1, 0.15) is 54.9 Å². The SMILES string of the molecule is CCCN(C(=O)C(C)(C)C(C)(C)N)C(C)C. The van der Waals surface area contributed by atoms with Gasteiger partial charge >= 0.3 is 0 Å². The van der Waals surface area contributed by atoms with E-state index in [1.54, 1.807) is 0 Å². The Balaban J connectivity index is 5.01. The van der Waals surface area contributed by atoms with Gasteiger partial charge in [0.2, 0.25) is 5.91 Å². The predicted molar refractivity (Wildman–Crippen MR) is 69.2 cm³/mol. The third-order valence-electron chi connectivity index (χ3n) is 3.49. The van der Waals surface area contributed by atoms with E-state index in [1.807, 2.05) is 46.4 Å². The molecule has 16 heavy (non-hydrogen) atoms. The molecule has 0 radical (unpaired) electrons. The van der Waals surface area contributed by atoms with Gasteiger partial charge in [-0.3, -0.25) is 4.79 Å². The lowest BCUT2D eigenvalue weighted by Crippen LogP contribution is -2.57. The molecular formula is C13H28N2O. The molecule has 0 aliphatic rings. The highest BCUT2D eigenvalue weighted by Crippen LogP contribution is 2.31. The second-order valence-corrected chi connectivity index (χ2v) is 5.94. The molecule has 0 spiro atoms. The van der Waals surface area contributed by atoms with Crippen molar-refractivity contribution in [2.75, 3.05) is 6.54 Å². The normalized spacial score (nSPS) is 13.1. The molecule has 1 amide bonds. The highest BCUT2D eigenvalue weighted by atomic mass is 16.2. The Morgan fingerprint density at radius 1 is 1.25 bits per heavy atom. The van der Waals surface area contributed by atoms with Crippen molar-refractivity contribution in [2.45, 2.75) is 66.5 Å². The minimum absolute atomic E-state index is 0.150. The maximum Gasteiger partial charge on any atom is 0.230 e. The standard InChI is InChI=1S/C13H28N2O/c1-8-9-15(10(2)3)11(16)12(4,5)13(6,7)14/h10H,8-9,14H2,1-7H3. The minimum atomic E-state index is -0.535. The average Bonchev–Trinajstić information content (AvgIpc) is 2.10. The Hall–Kier alpha value is -0.570. The van der Waals surface area contributed by atoms with E-state index in [0.29, 0.717) is 0 Å². The minimum Gasteiger partial charge on any atom is -0.340 e. The molecule has 0 unspecified atom stereocenters. The van der Waals surface area contributed by atoms with Gasteiger partial charge in [-0.05, 0) is 48.0 Å². The number of nitrogens with zero attached hydrogens (tertiary/aromatic N) is 1. The first kappa shape index (κ1) is 15.4. The van der Waals surface area contributed by atoms with Crippen LogP contribution in [0.4, 0.5) is 0 Å². The average molecular weight is 228 g/mol. The van der Waals surface area contributed by atoms with Gasteiger partial charge in [0.1, 0.15) is 0 Å². The molecule has 0 saturated carbocycles. The topological polar surface area (TPSA) is 46.3 Å². The molecule has 0 heterocycles. The van der Waals surface area contributed by atoms with Gasteiger partial charge in [0.05, 0.1) is 5.41 Å². The molecule has 0 aromatic carbocycles. The Kier molecular flexibility index (Phi) is 4.99. The molecule has 0 bridgehead atoms. The Morgan fingerprint density at radius 3 is 1.94 bits per heavy atom. The highest BCUT2D eigenvalue weighted by Gasteiger charge is 2.43. The van der Waals surface area contributed by atoms with Gasteiger partial charge in [-0.15, -0.1) is 0 Å². The second-order valence-electron chi connectivity index (χ2n) is 5.94. The first-order chi connectivity index (χ1) is 7.05. The molecule has 0 saturated heterocycles. The lowest BCUT2D eigenvalue weighted by Gasteiger charge is -2.42. The Morgan fingerprint density at radius 2 is 1.69 bits per heavy atom. The van der Waals surface area contributed by atoms with Crippen molar-refractivity contribution in [1.82, 2.24) is 4.90 Å². The fraction of sp³-hybridized carbons (Fsp3) is 0.923. The van der Waals surface area contributed by atoms with Gasteiger partial charge < -0.3 is 10.6 Å². The fourth-order valence-corrected chi connectivity index (χ4v) is 1.47. The van der Waals surface area contributed by atoms with Crippen LogP contribution in [0.3, 0.4) is 0 Å². The molecule has 96 valence electrons. The number of hydrogen-bond acceptors (Lipinski definition) is 2. The van der Waals surface area contributed by atoms with Crippen LogP contribution in [-0.2, 0) is 4.79 Å². The smallest absolute Gasteiger partial charge is 0.230 e. The summed E-state index contributed by atoms with van der Waals surface area (Å²) in [7, 11) is 0. The molecule has 3 nitrogen and oxygen atoms in total. The summed E-state index contributed by atoms with van der Waals surface area (Å²) in [5.41, 5.74) is 5.06. The van der Waals surface area contributed by atoms with Crippen LogP contribution in [0, 0.1) is 5.41 Å². The van der Waals surface area contributed by atoms with E-state index in [2.05, 4.69) is 6.92 Å². The maximum absolute atomic E-state index is 12.5. The summed E-state index contributed by atoms with van der Waals surface area (Å²) in [4.78, 5) is 14.4. The lowest BCUT2D eigenvalue weighted by molar-refractivity contribution is -0.145. The van der Waals surface area contributed by atoms with E-state index in [4.69, 9.17) is 5.73 Å². The number of carbonyl (C=O) groups is 1. The van der Waals surface area contributed by atoms with Gasteiger partial charge in [-0.1, -0.05) is 6.92 Å². The number of carbonyl (C=O) groups excluding carboxylic acids is 1. The van der Waals surface area contributed by atoms with Crippen LogP contribution in [0.5, 0.6) is 0 Å². The Labute approximate surface area is 100 Å². The van der Waals surface area contributed by atoms with Crippen LogP contribution < -0.4 is 5.73 Å². The number of nitrogens with two attached hydrogens (primary N) is 1. The van der Waals surface area contributed by atoms with Gasteiger partial charge in [-0.2, -0.15) is 0 Å². The molecule has 0 aliphatic heterocycles. The summed E-state index contributed by atoms with van der Waals surface area (Å²) >= 11 is 0. The van der Waals surface area contributed by atoms with Crippen molar-refractivity contribution >= 4 is 5.91 Å². The molecular weight excluding hydrogens is 200 g/mol. The predicted octanol–water partition coefficient (Wildman–Crippen LogP) is 2.40. The van der Waals surface area contributed by atoms with Gasteiger partial charge in [0, 0.05) is 18.1 Å². The monoisotopic (exact) mass is 228 g/mol. The molecule has 0 atom stereocenters. The van der Waals surface area contributed by atoms with Crippen LogP contribution in [0.25, 0.3) is 0 Å². The summed E-state index contributed by atoms with van der Waals surface area (Å²) < 4.78 is 0. The van der Waals surface area contributed by atoms with Crippen molar-refractivity contribution in [2.24, 2.45) is 11.1 Å². The lowest BCUT2D eigenvalue weighted by atomic mass is 9.74. The van der Waals surface area contributed by atoms with Crippen LogP contribution in [0.15, 0.2) is 0 Å². The van der Waals surface area contributed by atoms with Crippen molar-refractivity contribution in [3.8, 4) is 0 Å². The summed E-state index contributed by atoms with van der Waals surface area (Å²) in [6.45, 7) is 14.7. The van der Waals surface area contributed by atoms with Crippen LogP contribution >= 0.6 is 0 Å². The summed E-state index contributed by atoms with van der Waals surface area (Å²) in [5.74, 6) is 0.150. The largest absolute Gasteiger partial charge is 0.340 e. The summed E-state index contributed by atoms with van der Waals surface area (Å²) in [6.07, 6.45) is 0.977. The molecule has 3 heteroatoms. The fourth-order valence-electron chi connectivity index (χ4n) is 1.47. The number of hydrogen-bond donors (Lipinski definition) is 1. The van der Waals surface area contributed by atoms with Crippen LogP contribution in [-0.4, -0.2) is 28.9 Å². The van der Waals surface area contributed by atoms with Gasteiger partial charge in [0.15, 0.2) is 0 Å². The van der Waals surface area contributed by atoms with Crippen molar-refractivity contribution in [3.63, 3.8) is 0 Å². The van der Waals surface area contributed by atoms with E-state index < -0.39 is 11.0 Å². The van der Waals surface area contributed by atoms with Gasteiger partial charge in [-0.25, -0.2) is 0 Å². The summed E-state index contributed by atoms with van der Waals surface area (Å²) in [6, 6.07) is 0.231. The van der Waals surface area contributed by atoms with E-state index >= 15 is 0 Å². The molecule has 0 aromatic rings. The molecule has 0 aromatic heterocycles. The third-order valence-corrected chi connectivity index (χ3v) is 3.49. The number of rotatable bonds is 5. The van der Waals surface area contributed by atoms with Gasteiger partial charge in [0.25, 0.3) is 0 Å². The van der Waals surface area contributed by atoms with Crippen molar-refractivity contribution in [1.29, 1.82) is 0 Å². The van der Waals surface area contributed by atoms with E-state index in [1.165, 1.54) is 0 Å². The van der Waals surface area contributed by atoms with E-state index in [0.717, 1.165) is 13.0 Å². The zero-order chi connectivity index (χ0) is 13.1. The zero-order valence-corrected chi connectivity index (χ0v) is 11.9. The van der Waals surface area contributed by atoms with E-state index in [9.17, 15) is 4.79 Å². The molecule has 2 N–H and O–H groups in total.